The first-order chi connectivity index (χ1) is 14.1. The smallest absolute Gasteiger partial charge is 0.263 e. The molecule has 3 aromatic carbocycles. The predicted molar refractivity (Wildman–Crippen MR) is 112 cm³/mol. The molecule has 0 aliphatic heterocycles. The Bertz CT molecular complexity index is 1170. The summed E-state index contributed by atoms with van der Waals surface area (Å²) in [6, 6.07) is 18.5. The summed E-state index contributed by atoms with van der Waals surface area (Å²) in [5.74, 6) is 1.07. The summed E-state index contributed by atoms with van der Waals surface area (Å²) in [6.45, 7) is 2.02. The van der Waals surface area contributed by atoms with Crippen molar-refractivity contribution in [1.82, 2.24) is 4.98 Å². The van der Waals surface area contributed by atoms with Crippen LogP contribution in [0.5, 0.6) is 11.5 Å². The second-order valence-electron chi connectivity index (χ2n) is 6.56. The Kier molecular flexibility index (Phi) is 4.91. The molecule has 0 spiro atoms. The highest BCUT2D eigenvalue weighted by Crippen LogP contribution is 2.30. The van der Waals surface area contributed by atoms with Crippen LogP contribution in [0.2, 0.25) is 0 Å². The molecular formula is C23H20N2O4. The van der Waals surface area contributed by atoms with Crippen LogP contribution in [0.1, 0.15) is 15.9 Å². The van der Waals surface area contributed by atoms with Crippen LogP contribution in [-0.4, -0.2) is 25.1 Å². The van der Waals surface area contributed by atoms with Gasteiger partial charge in [0.25, 0.3) is 5.91 Å². The molecule has 29 heavy (non-hydrogen) atoms. The molecular weight excluding hydrogens is 368 g/mol. The van der Waals surface area contributed by atoms with E-state index in [9.17, 15) is 4.79 Å². The molecule has 0 saturated carbocycles. The Morgan fingerprint density at radius 2 is 1.69 bits per heavy atom. The van der Waals surface area contributed by atoms with Gasteiger partial charge in [0.15, 0.2) is 5.58 Å². The van der Waals surface area contributed by atoms with Crippen LogP contribution in [0.4, 0.5) is 5.69 Å². The molecule has 1 aromatic heterocycles. The number of hydrogen-bond donors (Lipinski definition) is 1. The molecule has 1 amide bonds. The zero-order valence-electron chi connectivity index (χ0n) is 16.4. The third-order valence-corrected chi connectivity index (χ3v) is 4.57. The number of fused-ring (bicyclic) bond motifs is 1. The lowest BCUT2D eigenvalue weighted by Crippen LogP contribution is -2.14. The summed E-state index contributed by atoms with van der Waals surface area (Å²) < 4.78 is 16.5. The summed E-state index contributed by atoms with van der Waals surface area (Å²) in [6.07, 6.45) is 0. The van der Waals surface area contributed by atoms with Gasteiger partial charge < -0.3 is 19.2 Å². The number of rotatable bonds is 5. The number of oxazole rings is 1. The van der Waals surface area contributed by atoms with E-state index in [4.69, 9.17) is 13.9 Å². The van der Waals surface area contributed by atoms with Crippen LogP contribution >= 0.6 is 0 Å². The second-order valence-corrected chi connectivity index (χ2v) is 6.56. The molecule has 4 aromatic rings. The first kappa shape index (κ1) is 18.6. The molecule has 1 N–H and O–H groups in total. The summed E-state index contributed by atoms with van der Waals surface area (Å²) in [5, 5.41) is 2.87. The molecule has 6 nitrogen and oxygen atoms in total. The van der Waals surface area contributed by atoms with E-state index in [0.29, 0.717) is 34.2 Å². The van der Waals surface area contributed by atoms with Crippen molar-refractivity contribution in [2.24, 2.45) is 0 Å². The number of amides is 1. The molecule has 0 bridgehead atoms. The van der Waals surface area contributed by atoms with E-state index in [1.54, 1.807) is 30.3 Å². The highest BCUT2D eigenvalue weighted by atomic mass is 16.5. The maximum atomic E-state index is 12.9. The predicted octanol–water partition coefficient (Wildman–Crippen LogP) is 5.07. The van der Waals surface area contributed by atoms with Gasteiger partial charge >= 0.3 is 0 Å². The number of nitrogens with zero attached hydrogens (tertiary/aromatic N) is 1. The van der Waals surface area contributed by atoms with Gasteiger partial charge in [0.2, 0.25) is 5.89 Å². The number of carbonyl (C=O) groups is 1. The molecule has 0 atom stereocenters. The molecule has 0 saturated heterocycles. The van der Waals surface area contributed by atoms with Gasteiger partial charge in [-0.05, 0) is 43.3 Å². The zero-order valence-corrected chi connectivity index (χ0v) is 16.4. The number of aromatic nitrogens is 1. The van der Waals surface area contributed by atoms with Crippen LogP contribution in [0.3, 0.4) is 0 Å². The topological polar surface area (TPSA) is 73.6 Å². The minimum absolute atomic E-state index is 0.329. The van der Waals surface area contributed by atoms with Crippen LogP contribution in [0, 0.1) is 6.92 Å². The lowest BCUT2D eigenvalue weighted by molar-refractivity contribution is 0.102. The van der Waals surface area contributed by atoms with Crippen molar-refractivity contribution in [2.75, 3.05) is 19.5 Å². The van der Waals surface area contributed by atoms with Crippen LogP contribution in [0.15, 0.2) is 65.1 Å². The Morgan fingerprint density at radius 1 is 0.966 bits per heavy atom. The average molecular weight is 388 g/mol. The van der Waals surface area contributed by atoms with Gasteiger partial charge in [0.1, 0.15) is 22.6 Å². The number of aryl methyl sites for hydroxylation is 1. The first-order valence-electron chi connectivity index (χ1n) is 9.09. The van der Waals surface area contributed by atoms with Gasteiger partial charge in [0.05, 0.1) is 14.2 Å². The summed E-state index contributed by atoms with van der Waals surface area (Å²) in [5.41, 5.74) is 4.26. The second kappa shape index (κ2) is 7.67. The van der Waals surface area contributed by atoms with Crippen LogP contribution in [-0.2, 0) is 0 Å². The maximum absolute atomic E-state index is 12.9. The van der Waals surface area contributed by atoms with Gasteiger partial charge in [-0.15, -0.1) is 0 Å². The number of ether oxygens (including phenoxy) is 2. The minimum Gasteiger partial charge on any atom is -0.496 e. The normalized spacial score (nSPS) is 10.7. The van der Waals surface area contributed by atoms with Gasteiger partial charge in [-0.1, -0.05) is 23.8 Å². The fourth-order valence-corrected chi connectivity index (χ4v) is 3.17. The Balaban J connectivity index is 1.65. The van der Waals surface area contributed by atoms with E-state index in [-0.39, 0.29) is 5.91 Å². The fraction of sp³-hybridized carbons (Fsp3) is 0.130. The van der Waals surface area contributed by atoms with Crippen molar-refractivity contribution < 1.29 is 18.7 Å². The average Bonchev–Trinajstić information content (AvgIpc) is 3.16. The van der Waals surface area contributed by atoms with Crippen LogP contribution < -0.4 is 14.8 Å². The van der Waals surface area contributed by atoms with E-state index in [1.165, 1.54) is 14.2 Å². The number of nitrogens with one attached hydrogen (secondary N) is 1. The highest BCUT2D eigenvalue weighted by molar-refractivity contribution is 6.08. The zero-order chi connectivity index (χ0) is 20.4. The van der Waals surface area contributed by atoms with Gasteiger partial charge in [-0.3, -0.25) is 4.79 Å². The lowest BCUT2D eigenvalue weighted by atomic mass is 10.1. The summed E-state index contributed by atoms with van der Waals surface area (Å²) in [7, 11) is 3.03. The third-order valence-electron chi connectivity index (χ3n) is 4.57. The molecule has 0 aliphatic rings. The van der Waals surface area contributed by atoms with Crippen molar-refractivity contribution in [3.8, 4) is 23.0 Å². The van der Waals surface area contributed by atoms with E-state index in [1.807, 2.05) is 37.3 Å². The van der Waals surface area contributed by atoms with Crippen molar-refractivity contribution in [2.45, 2.75) is 6.92 Å². The standard InChI is InChI=1S/C23H20N2O4/c1-14-6-4-7-15(12-14)23-25-17-11-10-16(13-20(17)29-23)24-22(26)21-18(27-2)8-5-9-19(21)28-3/h4-13H,1-3H3,(H,24,26). The molecule has 0 radical (unpaired) electrons. The number of methoxy groups -OCH3 is 2. The van der Waals surface area contributed by atoms with Gasteiger partial charge in [0, 0.05) is 17.3 Å². The highest BCUT2D eigenvalue weighted by Gasteiger charge is 2.19. The molecule has 0 unspecified atom stereocenters. The quantitative estimate of drug-likeness (QED) is 0.516. The molecule has 0 aliphatic carbocycles. The number of carbonyl (C=O) groups excluding carboxylic acids is 1. The molecule has 146 valence electrons. The van der Waals surface area contributed by atoms with Crippen molar-refractivity contribution >= 4 is 22.7 Å². The monoisotopic (exact) mass is 388 g/mol. The van der Waals surface area contributed by atoms with E-state index < -0.39 is 0 Å². The SMILES string of the molecule is COc1cccc(OC)c1C(=O)Nc1ccc2nc(-c3cccc(C)c3)oc2c1. The lowest BCUT2D eigenvalue weighted by Gasteiger charge is -2.12. The fourth-order valence-electron chi connectivity index (χ4n) is 3.17. The van der Waals surface area contributed by atoms with Crippen molar-refractivity contribution in [3.63, 3.8) is 0 Å². The molecule has 1 heterocycles. The largest absolute Gasteiger partial charge is 0.496 e. The molecule has 6 heteroatoms. The van der Waals surface area contributed by atoms with Crippen LogP contribution in [0.25, 0.3) is 22.6 Å². The Labute approximate surface area is 168 Å². The molecule has 0 fully saturated rings. The molecule has 4 rings (SSSR count). The maximum Gasteiger partial charge on any atom is 0.263 e. The van der Waals surface area contributed by atoms with E-state index >= 15 is 0 Å². The van der Waals surface area contributed by atoms with Gasteiger partial charge in [-0.2, -0.15) is 0 Å². The number of anilines is 1. The minimum atomic E-state index is -0.336. The summed E-state index contributed by atoms with van der Waals surface area (Å²) in [4.78, 5) is 17.4. The van der Waals surface area contributed by atoms with Gasteiger partial charge in [-0.25, -0.2) is 4.98 Å². The van der Waals surface area contributed by atoms with E-state index in [2.05, 4.69) is 10.3 Å². The van der Waals surface area contributed by atoms with Crippen molar-refractivity contribution in [3.05, 3.63) is 71.8 Å². The number of benzene rings is 3. The first-order valence-corrected chi connectivity index (χ1v) is 9.09. The van der Waals surface area contributed by atoms with Crippen molar-refractivity contribution in [1.29, 1.82) is 0 Å². The Morgan fingerprint density at radius 3 is 2.38 bits per heavy atom. The summed E-state index contributed by atoms with van der Waals surface area (Å²) >= 11 is 0. The number of hydrogen-bond acceptors (Lipinski definition) is 5. The Hall–Kier alpha value is -3.80. The van der Waals surface area contributed by atoms with E-state index in [0.717, 1.165) is 16.6 Å². The third kappa shape index (κ3) is 3.65.